The Kier molecular flexibility index (Phi) is 4.80. The quantitative estimate of drug-likeness (QED) is 0.799. The third-order valence-corrected chi connectivity index (χ3v) is 3.51. The Morgan fingerprint density at radius 1 is 1.48 bits per heavy atom. The first-order chi connectivity index (χ1) is 10.0. The minimum Gasteiger partial charge on any atom is -0.497 e. The molecule has 0 aliphatic carbocycles. The maximum atomic E-state index is 5.77. The summed E-state index contributed by atoms with van der Waals surface area (Å²) in [7, 11) is 3.55. The summed E-state index contributed by atoms with van der Waals surface area (Å²) in [6, 6.07) is 8.03. The fourth-order valence-electron chi connectivity index (χ4n) is 2.31. The van der Waals surface area contributed by atoms with Crippen molar-refractivity contribution in [3.63, 3.8) is 0 Å². The average molecular weight is 304 g/mol. The van der Waals surface area contributed by atoms with E-state index in [0.29, 0.717) is 4.99 Å². The minimum atomic E-state index is 0.365. The van der Waals surface area contributed by atoms with Gasteiger partial charge in [-0.1, -0.05) is 24.4 Å². The smallest absolute Gasteiger partial charge is 0.134 e. The first kappa shape index (κ1) is 15.3. The lowest BCUT2D eigenvalue weighted by Gasteiger charge is -2.10. The predicted octanol–water partition coefficient (Wildman–Crippen LogP) is 2.03. The van der Waals surface area contributed by atoms with Crippen molar-refractivity contribution in [1.29, 1.82) is 0 Å². The van der Waals surface area contributed by atoms with Crippen LogP contribution >= 0.6 is 12.2 Å². The van der Waals surface area contributed by atoms with Crippen LogP contribution in [0.2, 0.25) is 0 Å². The molecule has 0 saturated carbocycles. The van der Waals surface area contributed by atoms with Gasteiger partial charge in [0.25, 0.3) is 0 Å². The summed E-state index contributed by atoms with van der Waals surface area (Å²) in [4.78, 5) is 0.365. The van der Waals surface area contributed by atoms with Crippen LogP contribution in [0.3, 0.4) is 0 Å². The van der Waals surface area contributed by atoms with Crippen molar-refractivity contribution in [2.45, 2.75) is 13.3 Å². The van der Waals surface area contributed by atoms with Crippen molar-refractivity contribution >= 4 is 23.0 Å². The number of aryl methyl sites for hydroxylation is 2. The molecule has 3 N–H and O–H groups in total. The second-order valence-corrected chi connectivity index (χ2v) is 5.27. The van der Waals surface area contributed by atoms with Crippen LogP contribution < -0.4 is 15.8 Å². The highest BCUT2D eigenvalue weighted by Gasteiger charge is 2.14. The molecule has 112 valence electrons. The van der Waals surface area contributed by atoms with Crippen molar-refractivity contribution in [2.24, 2.45) is 12.8 Å². The standard InChI is InChI=1S/C15H20N4OS/c1-10-13(14(16)21)15(19(2)18-10)17-8-7-11-5-4-6-12(9-11)20-3/h4-6,9,17H,7-8H2,1-3H3,(H2,16,21). The van der Waals surface area contributed by atoms with Gasteiger partial charge in [0, 0.05) is 13.6 Å². The number of rotatable bonds is 6. The maximum absolute atomic E-state index is 5.77. The molecule has 2 aromatic rings. The Labute approximate surface area is 130 Å². The molecule has 0 aliphatic heterocycles. The number of anilines is 1. The van der Waals surface area contributed by atoms with Gasteiger partial charge in [-0.05, 0) is 31.0 Å². The Balaban J connectivity index is 2.05. The van der Waals surface area contributed by atoms with Gasteiger partial charge in [0.05, 0.1) is 18.4 Å². The van der Waals surface area contributed by atoms with Crippen LogP contribution in [0.25, 0.3) is 0 Å². The first-order valence-corrected chi connectivity index (χ1v) is 7.14. The van der Waals surface area contributed by atoms with Crippen LogP contribution in [-0.2, 0) is 13.5 Å². The summed E-state index contributed by atoms with van der Waals surface area (Å²) < 4.78 is 7.00. The Hall–Kier alpha value is -2.08. The monoisotopic (exact) mass is 304 g/mol. The zero-order valence-corrected chi connectivity index (χ0v) is 13.3. The second kappa shape index (κ2) is 6.58. The third kappa shape index (κ3) is 3.52. The number of nitrogens with one attached hydrogen (secondary N) is 1. The van der Waals surface area contributed by atoms with E-state index in [1.807, 2.05) is 32.2 Å². The molecule has 0 fully saturated rings. The zero-order chi connectivity index (χ0) is 15.4. The molecular formula is C15H20N4OS. The molecule has 1 aromatic heterocycles. The summed E-state index contributed by atoms with van der Waals surface area (Å²) in [5, 5.41) is 7.71. The number of aromatic nitrogens is 2. The highest BCUT2D eigenvalue weighted by atomic mass is 32.1. The lowest BCUT2D eigenvalue weighted by atomic mass is 10.1. The van der Waals surface area contributed by atoms with Gasteiger partial charge < -0.3 is 15.8 Å². The van der Waals surface area contributed by atoms with Crippen molar-refractivity contribution in [1.82, 2.24) is 9.78 Å². The third-order valence-electron chi connectivity index (χ3n) is 3.31. The molecule has 0 saturated heterocycles. The van der Waals surface area contributed by atoms with Crippen molar-refractivity contribution in [2.75, 3.05) is 19.0 Å². The molecule has 0 aliphatic rings. The van der Waals surface area contributed by atoms with Crippen molar-refractivity contribution in [3.8, 4) is 5.75 Å². The maximum Gasteiger partial charge on any atom is 0.134 e. The summed E-state index contributed by atoms with van der Waals surface area (Å²) in [6.45, 7) is 2.67. The number of benzene rings is 1. The number of nitrogens with two attached hydrogens (primary N) is 1. The van der Waals surface area contributed by atoms with E-state index in [2.05, 4.69) is 16.5 Å². The van der Waals surface area contributed by atoms with Crippen LogP contribution in [0.1, 0.15) is 16.8 Å². The molecule has 5 nitrogen and oxygen atoms in total. The van der Waals surface area contributed by atoms with Crippen LogP contribution in [-0.4, -0.2) is 28.4 Å². The normalized spacial score (nSPS) is 10.4. The van der Waals surface area contributed by atoms with E-state index in [1.54, 1.807) is 11.8 Å². The van der Waals surface area contributed by atoms with Gasteiger partial charge in [0.1, 0.15) is 16.6 Å². The van der Waals surface area contributed by atoms with Gasteiger partial charge in [0.2, 0.25) is 0 Å². The summed E-state index contributed by atoms with van der Waals surface area (Å²) in [6.07, 6.45) is 0.873. The number of hydrogen-bond donors (Lipinski definition) is 2. The fraction of sp³-hybridized carbons (Fsp3) is 0.333. The number of ether oxygens (including phenoxy) is 1. The molecule has 1 heterocycles. The molecule has 1 aromatic carbocycles. The predicted molar refractivity (Wildman–Crippen MR) is 89.0 cm³/mol. The van der Waals surface area contributed by atoms with Gasteiger partial charge in [-0.2, -0.15) is 5.10 Å². The van der Waals surface area contributed by atoms with Gasteiger partial charge in [0.15, 0.2) is 0 Å². The van der Waals surface area contributed by atoms with Crippen molar-refractivity contribution < 1.29 is 4.74 Å². The number of hydrogen-bond acceptors (Lipinski definition) is 4. The average Bonchev–Trinajstić information content (AvgIpc) is 2.73. The summed E-state index contributed by atoms with van der Waals surface area (Å²) in [5.41, 5.74) is 8.64. The SMILES string of the molecule is COc1cccc(CCNc2c(C(N)=S)c(C)nn2C)c1. The minimum absolute atomic E-state index is 0.365. The van der Waals surface area contributed by atoms with Gasteiger partial charge in [-0.15, -0.1) is 0 Å². The highest BCUT2D eigenvalue weighted by Crippen LogP contribution is 2.19. The molecule has 0 amide bonds. The number of methoxy groups -OCH3 is 1. The highest BCUT2D eigenvalue weighted by molar-refractivity contribution is 7.80. The molecule has 6 heteroatoms. The van der Waals surface area contributed by atoms with E-state index < -0.39 is 0 Å². The Morgan fingerprint density at radius 2 is 2.24 bits per heavy atom. The molecule has 0 unspecified atom stereocenters. The summed E-state index contributed by atoms with van der Waals surface area (Å²) >= 11 is 5.10. The van der Waals surface area contributed by atoms with Crippen LogP contribution in [0.5, 0.6) is 5.75 Å². The fourth-order valence-corrected chi connectivity index (χ4v) is 2.55. The van der Waals surface area contributed by atoms with E-state index in [-0.39, 0.29) is 0 Å². The van der Waals surface area contributed by atoms with E-state index in [1.165, 1.54) is 5.56 Å². The topological polar surface area (TPSA) is 65.1 Å². The van der Waals surface area contributed by atoms with Crippen LogP contribution in [0, 0.1) is 6.92 Å². The van der Waals surface area contributed by atoms with Crippen LogP contribution in [0.15, 0.2) is 24.3 Å². The molecule has 0 radical (unpaired) electrons. The van der Waals surface area contributed by atoms with Gasteiger partial charge in [-0.3, -0.25) is 4.68 Å². The molecule has 21 heavy (non-hydrogen) atoms. The zero-order valence-electron chi connectivity index (χ0n) is 12.5. The Morgan fingerprint density at radius 3 is 2.90 bits per heavy atom. The van der Waals surface area contributed by atoms with E-state index in [4.69, 9.17) is 22.7 Å². The molecule has 0 bridgehead atoms. The molecule has 2 rings (SSSR count). The van der Waals surface area contributed by atoms with E-state index >= 15 is 0 Å². The first-order valence-electron chi connectivity index (χ1n) is 6.73. The van der Waals surface area contributed by atoms with E-state index in [9.17, 15) is 0 Å². The number of nitrogens with zero attached hydrogens (tertiary/aromatic N) is 2. The number of thiocarbonyl (C=S) groups is 1. The van der Waals surface area contributed by atoms with E-state index in [0.717, 1.165) is 35.8 Å². The molecular weight excluding hydrogens is 284 g/mol. The van der Waals surface area contributed by atoms with Gasteiger partial charge in [-0.25, -0.2) is 0 Å². The molecule has 0 atom stereocenters. The van der Waals surface area contributed by atoms with Crippen molar-refractivity contribution in [3.05, 3.63) is 41.1 Å². The van der Waals surface area contributed by atoms with Gasteiger partial charge >= 0.3 is 0 Å². The second-order valence-electron chi connectivity index (χ2n) is 4.83. The lowest BCUT2D eigenvalue weighted by Crippen LogP contribution is -2.16. The van der Waals surface area contributed by atoms with Crippen LogP contribution in [0.4, 0.5) is 5.82 Å². The summed E-state index contributed by atoms with van der Waals surface area (Å²) in [5.74, 6) is 1.73. The Bertz CT molecular complexity index is 651. The lowest BCUT2D eigenvalue weighted by molar-refractivity contribution is 0.414. The molecule has 0 spiro atoms. The largest absolute Gasteiger partial charge is 0.497 e.